The van der Waals surface area contributed by atoms with Gasteiger partial charge in [-0.1, -0.05) is 0 Å². The molecule has 0 aliphatic carbocycles. The normalized spacial score (nSPS) is 18.8. The second kappa shape index (κ2) is 10.1. The molecule has 150 valence electrons. The summed E-state index contributed by atoms with van der Waals surface area (Å²) in [5.41, 5.74) is -0.738. The number of hydrogen-bond acceptors (Lipinski definition) is 8. The van der Waals surface area contributed by atoms with Crippen LogP contribution in [0.1, 0.15) is 12.5 Å². The van der Waals surface area contributed by atoms with E-state index in [1.54, 1.807) is 26.2 Å². The molecular weight excluding hydrogens is 356 g/mol. The van der Waals surface area contributed by atoms with Gasteiger partial charge < -0.3 is 34.5 Å². The predicted molar refractivity (Wildman–Crippen MR) is 97.7 cm³/mol. The highest BCUT2D eigenvalue weighted by Crippen LogP contribution is 2.26. The van der Waals surface area contributed by atoms with E-state index in [0.29, 0.717) is 56.8 Å². The molecule has 0 bridgehead atoms. The van der Waals surface area contributed by atoms with Crippen LogP contribution in [0.2, 0.25) is 0 Å². The average Bonchev–Trinajstić information content (AvgIpc) is 3.04. The first-order chi connectivity index (χ1) is 13.0. The Bertz CT molecular complexity index is 665. The zero-order chi connectivity index (χ0) is 19.7. The van der Waals surface area contributed by atoms with Gasteiger partial charge in [-0.2, -0.15) is 0 Å². The van der Waals surface area contributed by atoms with Gasteiger partial charge in [-0.15, -0.1) is 0 Å². The van der Waals surface area contributed by atoms with Crippen molar-refractivity contribution in [2.24, 2.45) is 4.99 Å². The smallest absolute Gasteiger partial charge is 0.331 e. The zero-order valence-corrected chi connectivity index (χ0v) is 15.6. The number of carboxylic acid groups (broad SMARTS) is 1. The number of aliphatic imine (C=N–C) groups is 1. The van der Waals surface area contributed by atoms with Gasteiger partial charge in [-0.25, -0.2) is 4.79 Å². The van der Waals surface area contributed by atoms with Gasteiger partial charge in [-0.3, -0.25) is 4.99 Å². The molecule has 1 atom stereocenters. The van der Waals surface area contributed by atoms with Gasteiger partial charge in [0.2, 0.25) is 0 Å². The van der Waals surface area contributed by atoms with E-state index in [-0.39, 0.29) is 12.3 Å². The van der Waals surface area contributed by atoms with Gasteiger partial charge in [0.05, 0.1) is 45.1 Å². The molecule has 0 saturated heterocycles. The predicted octanol–water partition coefficient (Wildman–Crippen LogP) is 0.644. The molecule has 1 heterocycles. The number of aromatic hydroxyl groups is 1. The summed E-state index contributed by atoms with van der Waals surface area (Å²) in [7, 11) is 1.62. The van der Waals surface area contributed by atoms with Crippen LogP contribution < -0.4 is 10.1 Å². The maximum Gasteiger partial charge on any atom is 0.331 e. The molecule has 1 aliphatic rings. The van der Waals surface area contributed by atoms with Crippen LogP contribution in [0.25, 0.3) is 0 Å². The van der Waals surface area contributed by atoms with Crippen molar-refractivity contribution in [1.82, 2.24) is 5.32 Å². The number of carbonyl (C=O) groups is 1. The molecule has 1 aromatic carbocycles. The molecule has 0 aromatic heterocycles. The lowest BCUT2D eigenvalue weighted by molar-refractivity contribution is -0.142. The summed E-state index contributed by atoms with van der Waals surface area (Å²) in [5.74, 6) is -0.206. The molecule has 9 nitrogen and oxygen atoms in total. The van der Waals surface area contributed by atoms with Crippen LogP contribution in [0.3, 0.4) is 0 Å². The molecule has 0 saturated carbocycles. The Balaban J connectivity index is 1.73. The van der Waals surface area contributed by atoms with Crippen LogP contribution in [-0.4, -0.2) is 80.9 Å². The standard InChI is InChI=1S/C18H26N2O7/c1-18(17(22)23)12-19-16(20-18)14-4-3-13(11-15(14)21)27-10-9-26-8-7-25-6-5-24-2/h3-4,11,21H,5-10,12H2,1-2H3,(H,19,20)(H,22,23). The summed E-state index contributed by atoms with van der Waals surface area (Å²) in [5, 5.41) is 22.3. The molecule has 9 heteroatoms. The highest BCUT2D eigenvalue weighted by atomic mass is 16.6. The summed E-state index contributed by atoms with van der Waals surface area (Å²) in [6, 6.07) is 4.78. The van der Waals surface area contributed by atoms with Crippen LogP contribution in [0.5, 0.6) is 11.5 Å². The quantitative estimate of drug-likeness (QED) is 0.451. The van der Waals surface area contributed by atoms with Gasteiger partial charge in [-0.05, 0) is 19.1 Å². The van der Waals surface area contributed by atoms with Crippen molar-refractivity contribution in [2.45, 2.75) is 12.5 Å². The molecule has 0 radical (unpaired) electrons. The van der Waals surface area contributed by atoms with Crippen LogP contribution in [0.15, 0.2) is 23.2 Å². The maximum absolute atomic E-state index is 11.3. The van der Waals surface area contributed by atoms with Crippen molar-refractivity contribution in [3.05, 3.63) is 23.8 Å². The highest BCUT2D eigenvalue weighted by molar-refractivity contribution is 6.05. The molecular formula is C18H26N2O7. The average molecular weight is 382 g/mol. The summed E-state index contributed by atoms with van der Waals surface area (Å²) < 4.78 is 21.0. The number of phenolic OH excluding ortho intramolecular Hbond substituents is 1. The Morgan fingerprint density at radius 2 is 1.85 bits per heavy atom. The molecule has 1 aromatic rings. The van der Waals surface area contributed by atoms with Gasteiger partial charge in [0.25, 0.3) is 0 Å². The number of rotatable bonds is 12. The number of carboxylic acids is 1. The fourth-order valence-electron chi connectivity index (χ4n) is 2.34. The Kier molecular flexibility index (Phi) is 7.83. The van der Waals surface area contributed by atoms with Gasteiger partial charge in [0, 0.05) is 13.2 Å². The minimum atomic E-state index is -1.17. The number of nitrogens with one attached hydrogen (secondary N) is 1. The van der Waals surface area contributed by atoms with Crippen molar-refractivity contribution >= 4 is 11.8 Å². The van der Waals surface area contributed by atoms with Crippen LogP contribution >= 0.6 is 0 Å². The molecule has 0 fully saturated rings. The van der Waals surface area contributed by atoms with E-state index in [1.165, 1.54) is 6.07 Å². The molecule has 3 N–H and O–H groups in total. The Hall–Kier alpha value is -2.36. The molecule has 27 heavy (non-hydrogen) atoms. The van der Waals surface area contributed by atoms with Crippen LogP contribution in [0.4, 0.5) is 0 Å². The molecule has 0 amide bonds. The first-order valence-electron chi connectivity index (χ1n) is 8.63. The Labute approximate surface area is 157 Å². The third kappa shape index (κ3) is 6.09. The van der Waals surface area contributed by atoms with Gasteiger partial charge >= 0.3 is 5.97 Å². The number of amidine groups is 1. The van der Waals surface area contributed by atoms with Crippen LogP contribution in [-0.2, 0) is 19.0 Å². The summed E-state index contributed by atoms with van der Waals surface area (Å²) in [6.45, 7) is 4.40. The number of ether oxygens (including phenoxy) is 4. The molecule has 1 aliphatic heterocycles. The maximum atomic E-state index is 11.3. The monoisotopic (exact) mass is 382 g/mol. The van der Waals surface area contributed by atoms with Crippen molar-refractivity contribution in [1.29, 1.82) is 0 Å². The molecule has 0 spiro atoms. The number of hydrogen-bond donors (Lipinski definition) is 3. The van der Waals surface area contributed by atoms with E-state index in [0.717, 1.165) is 0 Å². The fraction of sp³-hybridized carbons (Fsp3) is 0.556. The number of aliphatic carboxylic acids is 1. The SMILES string of the molecule is COCCOCCOCCOc1ccc(C2=NCC(C)(C(=O)O)N2)c(O)c1. The summed E-state index contributed by atoms with van der Waals surface area (Å²) in [6.07, 6.45) is 0. The Morgan fingerprint density at radius 3 is 2.44 bits per heavy atom. The first-order valence-corrected chi connectivity index (χ1v) is 8.63. The lowest BCUT2D eigenvalue weighted by atomic mass is 10.0. The van der Waals surface area contributed by atoms with Crippen molar-refractivity contribution < 1.29 is 34.0 Å². The van der Waals surface area contributed by atoms with Gasteiger partial charge in [0.15, 0.2) is 5.54 Å². The van der Waals surface area contributed by atoms with E-state index in [1.807, 2.05) is 0 Å². The van der Waals surface area contributed by atoms with E-state index < -0.39 is 11.5 Å². The minimum Gasteiger partial charge on any atom is -0.507 e. The summed E-state index contributed by atoms with van der Waals surface area (Å²) >= 11 is 0. The van der Waals surface area contributed by atoms with Crippen LogP contribution in [0, 0.1) is 0 Å². The van der Waals surface area contributed by atoms with E-state index in [4.69, 9.17) is 18.9 Å². The highest BCUT2D eigenvalue weighted by Gasteiger charge is 2.38. The fourth-order valence-corrected chi connectivity index (χ4v) is 2.34. The van der Waals surface area contributed by atoms with E-state index >= 15 is 0 Å². The van der Waals surface area contributed by atoms with Crippen molar-refractivity contribution in [2.75, 3.05) is 53.3 Å². The van der Waals surface area contributed by atoms with Crippen molar-refractivity contribution in [3.63, 3.8) is 0 Å². The largest absolute Gasteiger partial charge is 0.507 e. The number of methoxy groups -OCH3 is 1. The number of benzene rings is 1. The topological polar surface area (TPSA) is 119 Å². The van der Waals surface area contributed by atoms with Gasteiger partial charge in [0.1, 0.15) is 23.9 Å². The summed E-state index contributed by atoms with van der Waals surface area (Å²) in [4.78, 5) is 15.4. The van der Waals surface area contributed by atoms with E-state index in [2.05, 4.69) is 10.3 Å². The van der Waals surface area contributed by atoms with Crippen molar-refractivity contribution in [3.8, 4) is 11.5 Å². The number of phenols is 1. The Morgan fingerprint density at radius 1 is 1.19 bits per heavy atom. The third-order valence-corrected chi connectivity index (χ3v) is 3.94. The second-order valence-corrected chi connectivity index (χ2v) is 6.17. The lowest BCUT2D eigenvalue weighted by Crippen LogP contribution is -2.50. The minimum absolute atomic E-state index is 0.0409. The third-order valence-electron chi connectivity index (χ3n) is 3.94. The second-order valence-electron chi connectivity index (χ2n) is 6.17. The zero-order valence-electron chi connectivity index (χ0n) is 15.6. The first kappa shape index (κ1) is 20.9. The molecule has 1 unspecified atom stereocenters. The number of nitrogens with zero attached hydrogens (tertiary/aromatic N) is 1. The molecule has 2 rings (SSSR count). The van der Waals surface area contributed by atoms with E-state index in [9.17, 15) is 15.0 Å². The lowest BCUT2D eigenvalue weighted by Gasteiger charge is -2.19.